The van der Waals surface area contributed by atoms with Gasteiger partial charge in [-0.3, -0.25) is 24.2 Å². The van der Waals surface area contributed by atoms with Crippen LogP contribution in [0.25, 0.3) is 5.95 Å². The molecule has 2 aromatic heterocycles. The highest BCUT2D eigenvalue weighted by atomic mass is 32.2. The molecular weight excluding hydrogens is 400 g/mol. The van der Waals surface area contributed by atoms with Gasteiger partial charge in [0.05, 0.1) is 16.3 Å². The quantitative estimate of drug-likeness (QED) is 0.424. The number of benzene rings is 1. The van der Waals surface area contributed by atoms with E-state index >= 15 is 0 Å². The molecule has 0 atom stereocenters. The Morgan fingerprint density at radius 2 is 1.79 bits per heavy atom. The van der Waals surface area contributed by atoms with Crippen molar-refractivity contribution in [1.29, 1.82) is 0 Å². The Hall–Kier alpha value is -3.38. The molecule has 0 amide bonds. The summed E-state index contributed by atoms with van der Waals surface area (Å²) in [6.45, 7) is 5.14. The zero-order chi connectivity index (χ0) is 21.3. The number of azo groups is 1. The largest absolute Gasteiger partial charge is 0.301 e. The maximum Gasteiger partial charge on any atom is 0.301 e. The third-order valence-corrected chi connectivity index (χ3v) is 5.08. The maximum atomic E-state index is 12.7. The van der Waals surface area contributed by atoms with E-state index in [1.807, 2.05) is 6.92 Å². The van der Waals surface area contributed by atoms with Crippen LogP contribution in [0.1, 0.15) is 23.9 Å². The van der Waals surface area contributed by atoms with Crippen LogP contribution in [-0.4, -0.2) is 32.7 Å². The highest BCUT2D eigenvalue weighted by Gasteiger charge is 2.16. The third-order valence-electron chi connectivity index (χ3n) is 4.22. The summed E-state index contributed by atoms with van der Waals surface area (Å²) in [7, 11) is -4.31. The van der Waals surface area contributed by atoms with Gasteiger partial charge in [0.25, 0.3) is 15.7 Å². The average molecular weight is 418 g/mol. The normalized spacial score (nSPS) is 12.0. The Bertz CT molecular complexity index is 1320. The van der Waals surface area contributed by atoms with Crippen molar-refractivity contribution in [3.05, 3.63) is 61.9 Å². The molecule has 0 fully saturated rings. The Morgan fingerprint density at radius 3 is 2.34 bits per heavy atom. The molecule has 3 aromatic rings. The van der Waals surface area contributed by atoms with Crippen LogP contribution >= 0.6 is 0 Å². The van der Waals surface area contributed by atoms with E-state index in [1.54, 1.807) is 13.8 Å². The number of aromatic amines is 2. The molecule has 0 aliphatic heterocycles. The van der Waals surface area contributed by atoms with Gasteiger partial charge in [-0.15, -0.1) is 5.11 Å². The Labute approximate surface area is 164 Å². The molecule has 0 radical (unpaired) electrons. The molecule has 0 unspecified atom stereocenters. The van der Waals surface area contributed by atoms with Crippen LogP contribution in [0.5, 0.6) is 0 Å². The van der Waals surface area contributed by atoms with Crippen LogP contribution in [0, 0.1) is 13.8 Å². The summed E-state index contributed by atoms with van der Waals surface area (Å²) in [5, 5.41) is 10.6. The van der Waals surface area contributed by atoms with E-state index < -0.39 is 15.7 Å². The minimum Gasteiger partial charge on any atom is -0.291 e. The van der Waals surface area contributed by atoms with Crippen molar-refractivity contribution in [2.24, 2.45) is 10.2 Å². The van der Waals surface area contributed by atoms with Gasteiger partial charge in [0, 0.05) is 11.3 Å². The molecule has 0 saturated heterocycles. The van der Waals surface area contributed by atoms with Gasteiger partial charge in [-0.1, -0.05) is 6.92 Å². The lowest BCUT2D eigenvalue weighted by Crippen LogP contribution is -2.24. The van der Waals surface area contributed by atoms with Gasteiger partial charge >= 0.3 is 5.56 Å². The van der Waals surface area contributed by atoms with Crippen molar-refractivity contribution < 1.29 is 13.0 Å². The molecule has 152 valence electrons. The van der Waals surface area contributed by atoms with Crippen LogP contribution in [-0.2, 0) is 16.5 Å². The highest BCUT2D eigenvalue weighted by Crippen LogP contribution is 2.20. The van der Waals surface area contributed by atoms with Crippen LogP contribution in [0.15, 0.2) is 49.0 Å². The first-order chi connectivity index (χ1) is 13.6. The summed E-state index contributed by atoms with van der Waals surface area (Å²) in [6, 6.07) is 5.00. The molecule has 1 aromatic carbocycles. The van der Waals surface area contributed by atoms with Crippen molar-refractivity contribution in [3.63, 3.8) is 0 Å². The smallest absolute Gasteiger partial charge is 0.291 e. The summed E-state index contributed by atoms with van der Waals surface area (Å²) in [6.07, 6.45) is 0.517. The molecule has 0 aliphatic rings. The minimum absolute atomic E-state index is 0.00345. The van der Waals surface area contributed by atoms with Crippen LogP contribution in [0.4, 0.5) is 11.4 Å². The van der Waals surface area contributed by atoms with E-state index in [0.717, 1.165) is 4.68 Å². The molecule has 0 spiro atoms. The number of nitrogens with one attached hydrogen (secondary N) is 2. The molecule has 3 N–H and O–H groups in total. The highest BCUT2D eigenvalue weighted by molar-refractivity contribution is 7.85. The topological polar surface area (TPSA) is 163 Å². The number of H-pyrrole nitrogens is 2. The second-order valence-electron chi connectivity index (χ2n) is 6.20. The lowest BCUT2D eigenvalue weighted by atomic mass is 10.2. The fourth-order valence-electron chi connectivity index (χ4n) is 2.72. The first-order valence-corrected chi connectivity index (χ1v) is 9.97. The average Bonchev–Trinajstić information content (AvgIpc) is 2.93. The van der Waals surface area contributed by atoms with Crippen molar-refractivity contribution in [1.82, 2.24) is 19.7 Å². The molecule has 3 rings (SSSR count). The molecule has 2 heterocycles. The van der Waals surface area contributed by atoms with E-state index in [9.17, 15) is 18.0 Å². The second kappa shape index (κ2) is 7.56. The maximum absolute atomic E-state index is 12.7. The molecule has 11 nitrogen and oxygen atoms in total. The zero-order valence-corrected chi connectivity index (χ0v) is 16.6. The predicted octanol–water partition coefficient (Wildman–Crippen LogP) is 2.09. The van der Waals surface area contributed by atoms with Crippen LogP contribution in [0.2, 0.25) is 0 Å². The van der Waals surface area contributed by atoms with Gasteiger partial charge in [-0.2, -0.15) is 18.2 Å². The van der Waals surface area contributed by atoms with E-state index in [-0.39, 0.29) is 27.8 Å². The minimum atomic E-state index is -4.31. The molecule has 29 heavy (non-hydrogen) atoms. The number of nitrogens with zero attached hydrogens (tertiary/aromatic N) is 4. The monoisotopic (exact) mass is 418 g/mol. The van der Waals surface area contributed by atoms with Crippen molar-refractivity contribution >= 4 is 21.5 Å². The standard InChI is InChI=1S/C17H18N6O5S/c1-4-13-9(2)18-17(19-15(13)24)23-16(25)14(10(3)22-23)21-20-11-5-7-12(8-6-11)29(26,27)28/h5-8,22H,4H2,1-3H3,(H,18,19,24)(H,26,27,28). The first kappa shape index (κ1) is 20.4. The lowest BCUT2D eigenvalue weighted by molar-refractivity contribution is 0.483. The van der Waals surface area contributed by atoms with Crippen molar-refractivity contribution in [2.45, 2.75) is 32.1 Å². The van der Waals surface area contributed by atoms with E-state index in [1.165, 1.54) is 24.3 Å². The van der Waals surface area contributed by atoms with E-state index in [2.05, 4.69) is 25.3 Å². The van der Waals surface area contributed by atoms with Crippen LogP contribution in [0.3, 0.4) is 0 Å². The summed E-state index contributed by atoms with van der Waals surface area (Å²) >= 11 is 0. The summed E-state index contributed by atoms with van der Waals surface area (Å²) in [5.74, 6) is 0.0387. The number of hydrogen-bond donors (Lipinski definition) is 3. The Balaban J connectivity index is 1.98. The Kier molecular flexibility index (Phi) is 5.31. The molecular formula is C17H18N6O5S. The predicted molar refractivity (Wildman–Crippen MR) is 104 cm³/mol. The van der Waals surface area contributed by atoms with Gasteiger partial charge in [-0.05, 0) is 44.5 Å². The van der Waals surface area contributed by atoms with Crippen molar-refractivity contribution in [2.75, 3.05) is 0 Å². The third kappa shape index (κ3) is 4.07. The van der Waals surface area contributed by atoms with Crippen molar-refractivity contribution in [3.8, 4) is 5.95 Å². The van der Waals surface area contributed by atoms with Gasteiger partial charge in [0.2, 0.25) is 5.95 Å². The van der Waals surface area contributed by atoms with Crippen LogP contribution < -0.4 is 11.1 Å². The fourth-order valence-corrected chi connectivity index (χ4v) is 3.20. The van der Waals surface area contributed by atoms with E-state index in [4.69, 9.17) is 4.55 Å². The first-order valence-electron chi connectivity index (χ1n) is 8.53. The fraction of sp³-hybridized carbons (Fsp3) is 0.235. The molecule has 0 aliphatic carbocycles. The lowest BCUT2D eigenvalue weighted by Gasteiger charge is -2.05. The van der Waals surface area contributed by atoms with E-state index in [0.29, 0.717) is 23.4 Å². The Morgan fingerprint density at radius 1 is 1.14 bits per heavy atom. The van der Waals surface area contributed by atoms with Gasteiger partial charge in [-0.25, -0.2) is 4.98 Å². The summed E-state index contributed by atoms with van der Waals surface area (Å²) in [5.41, 5.74) is 0.852. The molecule has 12 heteroatoms. The zero-order valence-electron chi connectivity index (χ0n) is 15.8. The molecule has 0 saturated carbocycles. The van der Waals surface area contributed by atoms with Gasteiger partial charge < -0.3 is 0 Å². The summed E-state index contributed by atoms with van der Waals surface area (Å²) < 4.78 is 32.2. The number of aryl methyl sites for hydroxylation is 2. The number of aromatic nitrogens is 4. The number of rotatable bonds is 5. The molecule has 0 bridgehead atoms. The summed E-state index contributed by atoms with van der Waals surface area (Å²) in [4.78, 5) is 31.4. The second-order valence-corrected chi connectivity index (χ2v) is 7.62. The van der Waals surface area contributed by atoms with Gasteiger partial charge in [0.1, 0.15) is 0 Å². The number of hydrogen-bond acceptors (Lipinski definition) is 7. The van der Waals surface area contributed by atoms with Gasteiger partial charge in [0.15, 0.2) is 5.69 Å². The SMILES string of the molecule is CCc1c(C)nc(-n2[nH]c(C)c(N=Nc3ccc(S(=O)(=O)O)cc3)c2=O)[nH]c1=O.